The van der Waals surface area contributed by atoms with E-state index in [4.69, 9.17) is 4.74 Å². The van der Waals surface area contributed by atoms with Crippen molar-refractivity contribution in [3.8, 4) is 5.75 Å². The van der Waals surface area contributed by atoms with E-state index in [1.807, 2.05) is 12.4 Å². The maximum atomic E-state index is 11.8. The summed E-state index contributed by atoms with van der Waals surface area (Å²) < 4.78 is 6.63. The normalized spacial score (nSPS) is 26.1. The first-order chi connectivity index (χ1) is 18.1. The number of carbonyl (C=O) groups is 1. The van der Waals surface area contributed by atoms with Gasteiger partial charge in [-0.1, -0.05) is 32.9 Å². The van der Waals surface area contributed by atoms with Crippen molar-refractivity contribution in [1.29, 1.82) is 0 Å². The number of hydrogen-bond donors (Lipinski definition) is 1. The van der Waals surface area contributed by atoms with Gasteiger partial charge >= 0.3 is 6.09 Å². The van der Waals surface area contributed by atoms with Crippen LogP contribution in [0.2, 0.25) is 0 Å². The quantitative estimate of drug-likeness (QED) is 0.525. The van der Waals surface area contributed by atoms with Gasteiger partial charge in [0.2, 0.25) is 5.95 Å². The molecule has 1 aromatic carbocycles. The van der Waals surface area contributed by atoms with Crippen LogP contribution in [0.3, 0.4) is 0 Å². The Balaban J connectivity index is 1.13. The Labute approximate surface area is 225 Å². The van der Waals surface area contributed by atoms with Gasteiger partial charge in [0.25, 0.3) is 0 Å². The number of hydrogen-bond acceptors (Lipinski definition) is 5. The fourth-order valence-electron chi connectivity index (χ4n) is 6.64. The predicted octanol–water partition coefficient (Wildman–Crippen LogP) is 6.15. The maximum absolute atomic E-state index is 11.8. The van der Waals surface area contributed by atoms with Crippen LogP contribution in [0.1, 0.15) is 82.4 Å². The molecule has 38 heavy (non-hydrogen) atoms. The summed E-state index contributed by atoms with van der Waals surface area (Å²) in [4.78, 5) is 25.1. The Morgan fingerprint density at radius 1 is 1.08 bits per heavy atom. The predicted molar refractivity (Wildman–Crippen MR) is 149 cm³/mol. The molecule has 1 N–H and O–H groups in total. The van der Waals surface area contributed by atoms with Crippen LogP contribution in [0.5, 0.6) is 5.75 Å². The Morgan fingerprint density at radius 3 is 2.42 bits per heavy atom. The van der Waals surface area contributed by atoms with E-state index in [0.29, 0.717) is 18.4 Å². The van der Waals surface area contributed by atoms with Crippen molar-refractivity contribution in [2.24, 2.45) is 11.3 Å². The molecule has 0 spiro atoms. The van der Waals surface area contributed by atoms with Gasteiger partial charge in [-0.3, -0.25) is 0 Å². The standard InChI is InChI=1S/C31H40N4O3/c1-30(2,3)27-16-22(9-14-35(27)29(36)37)21-7-8-26-23(15-21)17-31(4,38-26)25-10-12-34(13-11-25)28-32-18-24(19-33-28)20-5-6-20/h7-8,15-16,18-20,25,27H,5-6,9-14,17H2,1-4H3,(H,36,37). The minimum atomic E-state index is -0.841. The van der Waals surface area contributed by atoms with Gasteiger partial charge in [-0.15, -0.1) is 0 Å². The molecule has 1 saturated heterocycles. The average molecular weight is 517 g/mol. The third-order valence-corrected chi connectivity index (χ3v) is 9.11. The lowest BCUT2D eigenvalue weighted by Gasteiger charge is -2.40. The number of anilines is 1. The summed E-state index contributed by atoms with van der Waals surface area (Å²) in [5.74, 6) is 3.01. The Kier molecular flexibility index (Phi) is 6.15. The first-order valence-electron chi connectivity index (χ1n) is 14.2. The third-order valence-electron chi connectivity index (χ3n) is 9.11. The Hall–Kier alpha value is -3.09. The molecule has 2 unspecified atom stereocenters. The smallest absolute Gasteiger partial charge is 0.407 e. The molecule has 1 aliphatic carbocycles. The van der Waals surface area contributed by atoms with E-state index in [-0.39, 0.29) is 17.1 Å². The molecule has 4 aliphatic rings. The number of fused-ring (bicyclic) bond motifs is 1. The number of ether oxygens (including phenoxy) is 1. The number of aromatic nitrogens is 2. The highest BCUT2D eigenvalue weighted by Crippen LogP contribution is 2.45. The van der Waals surface area contributed by atoms with Gasteiger partial charge in [-0.05, 0) is 84.8 Å². The Morgan fingerprint density at radius 2 is 1.79 bits per heavy atom. The second kappa shape index (κ2) is 9.28. The van der Waals surface area contributed by atoms with E-state index in [2.05, 4.69) is 66.8 Å². The highest BCUT2D eigenvalue weighted by Gasteiger charge is 2.43. The number of carboxylic acid groups (broad SMARTS) is 1. The summed E-state index contributed by atoms with van der Waals surface area (Å²) >= 11 is 0. The molecule has 2 atom stereocenters. The van der Waals surface area contributed by atoms with E-state index in [1.165, 1.54) is 35.1 Å². The summed E-state index contributed by atoms with van der Waals surface area (Å²) in [6, 6.07) is 6.42. The summed E-state index contributed by atoms with van der Waals surface area (Å²) in [7, 11) is 0. The van der Waals surface area contributed by atoms with Crippen LogP contribution in [0.4, 0.5) is 10.7 Å². The molecule has 2 fully saturated rings. The molecular weight excluding hydrogens is 476 g/mol. The van der Waals surface area contributed by atoms with Crippen molar-refractivity contribution >= 4 is 17.6 Å². The molecule has 7 nitrogen and oxygen atoms in total. The first kappa shape index (κ1) is 25.2. The molecule has 2 aromatic rings. The number of nitrogens with zero attached hydrogens (tertiary/aromatic N) is 4. The molecule has 3 aliphatic heterocycles. The highest BCUT2D eigenvalue weighted by atomic mass is 16.5. The van der Waals surface area contributed by atoms with Crippen molar-refractivity contribution in [3.05, 3.63) is 53.4 Å². The van der Waals surface area contributed by atoms with Gasteiger partial charge in [0.15, 0.2) is 0 Å². The van der Waals surface area contributed by atoms with E-state index >= 15 is 0 Å². The molecule has 6 rings (SSSR count). The van der Waals surface area contributed by atoms with Crippen LogP contribution in [0.15, 0.2) is 36.7 Å². The second-order valence-electron chi connectivity index (χ2n) is 13.0. The summed E-state index contributed by atoms with van der Waals surface area (Å²) in [5, 5.41) is 9.72. The van der Waals surface area contributed by atoms with Crippen molar-refractivity contribution in [2.45, 2.75) is 83.8 Å². The number of rotatable bonds is 4. The molecule has 1 amide bonds. The fraction of sp³-hybridized carbons (Fsp3) is 0.581. The molecule has 0 bridgehead atoms. The second-order valence-corrected chi connectivity index (χ2v) is 13.0. The van der Waals surface area contributed by atoms with Gasteiger partial charge in [-0.2, -0.15) is 0 Å². The summed E-state index contributed by atoms with van der Waals surface area (Å²) in [6.07, 6.45) is 11.7. The van der Waals surface area contributed by atoms with Gasteiger partial charge in [-0.25, -0.2) is 14.8 Å². The maximum Gasteiger partial charge on any atom is 0.407 e. The van der Waals surface area contributed by atoms with E-state index < -0.39 is 6.09 Å². The van der Waals surface area contributed by atoms with Crippen LogP contribution in [0, 0.1) is 11.3 Å². The lowest BCUT2D eigenvalue weighted by atomic mass is 9.78. The third kappa shape index (κ3) is 4.76. The minimum absolute atomic E-state index is 0.141. The topological polar surface area (TPSA) is 78.8 Å². The lowest BCUT2D eigenvalue weighted by molar-refractivity contribution is 0.0349. The van der Waals surface area contributed by atoms with Gasteiger partial charge in [0, 0.05) is 44.4 Å². The number of amides is 1. The molecule has 1 aromatic heterocycles. The van der Waals surface area contributed by atoms with Crippen LogP contribution in [-0.4, -0.2) is 57.3 Å². The number of benzene rings is 1. The largest absolute Gasteiger partial charge is 0.487 e. The van der Waals surface area contributed by atoms with Crippen molar-refractivity contribution in [2.75, 3.05) is 24.5 Å². The van der Waals surface area contributed by atoms with Gasteiger partial charge in [0.05, 0.1) is 6.04 Å². The van der Waals surface area contributed by atoms with Crippen LogP contribution in [0.25, 0.3) is 5.57 Å². The van der Waals surface area contributed by atoms with E-state index in [0.717, 1.165) is 50.5 Å². The van der Waals surface area contributed by atoms with Crippen molar-refractivity contribution in [3.63, 3.8) is 0 Å². The molecule has 0 radical (unpaired) electrons. The monoisotopic (exact) mass is 516 g/mol. The first-order valence-corrected chi connectivity index (χ1v) is 14.2. The van der Waals surface area contributed by atoms with E-state index in [1.54, 1.807) is 4.90 Å². The van der Waals surface area contributed by atoms with Crippen molar-refractivity contribution in [1.82, 2.24) is 14.9 Å². The summed E-state index contributed by atoms with van der Waals surface area (Å²) in [6.45, 7) is 11.0. The molecular formula is C31H40N4O3. The molecule has 202 valence electrons. The fourth-order valence-corrected chi connectivity index (χ4v) is 6.64. The zero-order valence-corrected chi connectivity index (χ0v) is 23.1. The van der Waals surface area contributed by atoms with Gasteiger partial charge in [0.1, 0.15) is 11.4 Å². The SMILES string of the molecule is CC(C)(C)C1C=C(c2ccc3c(c2)CC(C)(C2CCN(c4ncc(C5CC5)cn4)CC2)O3)CCN1C(=O)O. The van der Waals surface area contributed by atoms with E-state index in [9.17, 15) is 9.90 Å². The molecule has 7 heteroatoms. The zero-order chi connectivity index (χ0) is 26.7. The highest BCUT2D eigenvalue weighted by molar-refractivity contribution is 5.73. The molecule has 4 heterocycles. The Bertz CT molecular complexity index is 1240. The van der Waals surface area contributed by atoms with Gasteiger partial charge < -0.3 is 19.6 Å². The minimum Gasteiger partial charge on any atom is -0.487 e. The lowest BCUT2D eigenvalue weighted by Crippen LogP contribution is -2.48. The molecule has 1 saturated carbocycles. The van der Waals surface area contributed by atoms with Crippen LogP contribution < -0.4 is 9.64 Å². The average Bonchev–Trinajstić information content (AvgIpc) is 3.69. The number of piperidine rings is 1. The van der Waals surface area contributed by atoms with Crippen molar-refractivity contribution < 1.29 is 14.6 Å². The summed E-state index contributed by atoms with van der Waals surface area (Å²) in [5.41, 5.74) is 4.60. The zero-order valence-electron chi connectivity index (χ0n) is 23.1. The van der Waals surface area contributed by atoms with Crippen LogP contribution >= 0.6 is 0 Å². The van der Waals surface area contributed by atoms with Crippen LogP contribution in [-0.2, 0) is 6.42 Å².